The maximum Gasteiger partial charge on any atom is 0.306 e. The minimum atomic E-state index is -0.536. The van der Waals surface area contributed by atoms with E-state index in [2.05, 4.69) is 57.2 Å². The lowest BCUT2D eigenvalue weighted by Crippen LogP contribution is -2.30. The van der Waals surface area contributed by atoms with Gasteiger partial charge in [0.15, 0.2) is 6.10 Å². The van der Waals surface area contributed by atoms with Gasteiger partial charge in [0.05, 0.1) is 6.61 Å². The molecule has 1 atom stereocenters. The molecule has 0 heterocycles. The molecule has 5 nitrogen and oxygen atoms in total. The predicted octanol–water partition coefficient (Wildman–Crippen LogP) is 17.4. The van der Waals surface area contributed by atoms with Gasteiger partial charge in [-0.15, -0.1) is 0 Å². The van der Waals surface area contributed by atoms with E-state index in [0.29, 0.717) is 19.4 Å². The van der Waals surface area contributed by atoms with Crippen LogP contribution in [-0.4, -0.2) is 37.9 Å². The number of ether oxygens (including phenoxy) is 3. The smallest absolute Gasteiger partial charge is 0.306 e. The lowest BCUT2D eigenvalue weighted by molar-refractivity contribution is -0.163. The molecular formula is C54H100O5. The van der Waals surface area contributed by atoms with E-state index in [9.17, 15) is 9.59 Å². The number of hydrogen-bond donors (Lipinski definition) is 0. The van der Waals surface area contributed by atoms with Crippen molar-refractivity contribution in [2.75, 3.05) is 19.8 Å². The Hall–Kier alpha value is -1.88. The van der Waals surface area contributed by atoms with Crippen LogP contribution in [0.5, 0.6) is 0 Å². The first-order valence-corrected chi connectivity index (χ1v) is 26.0. The van der Waals surface area contributed by atoms with Crippen molar-refractivity contribution in [3.8, 4) is 0 Å². The molecule has 0 radical (unpaired) electrons. The fourth-order valence-electron chi connectivity index (χ4n) is 7.58. The van der Waals surface area contributed by atoms with Crippen molar-refractivity contribution in [3.63, 3.8) is 0 Å². The topological polar surface area (TPSA) is 61.8 Å². The Labute approximate surface area is 368 Å². The third-order valence-corrected chi connectivity index (χ3v) is 11.4. The van der Waals surface area contributed by atoms with E-state index in [1.54, 1.807) is 0 Å². The van der Waals surface area contributed by atoms with Gasteiger partial charge < -0.3 is 14.2 Å². The molecule has 59 heavy (non-hydrogen) atoms. The Balaban J connectivity index is 4.23. The SMILES string of the molecule is CC/C=C\C/C=C\C/C=C\CCCCCCCC(=O)OC[C@@H](COCCCCCCCCCCCCCCCCCC)OC(=O)CCCCCCCCCCCCCC. The number of carbonyl (C=O) groups is 2. The molecule has 0 aliphatic heterocycles. The molecule has 0 rings (SSSR count). The van der Waals surface area contributed by atoms with Crippen LogP contribution in [0.1, 0.15) is 271 Å². The molecule has 0 aliphatic rings. The van der Waals surface area contributed by atoms with Gasteiger partial charge in [0, 0.05) is 19.4 Å². The van der Waals surface area contributed by atoms with Gasteiger partial charge in [-0.3, -0.25) is 9.59 Å². The van der Waals surface area contributed by atoms with Gasteiger partial charge in [-0.1, -0.05) is 243 Å². The van der Waals surface area contributed by atoms with Gasteiger partial charge in [-0.2, -0.15) is 0 Å². The van der Waals surface area contributed by atoms with E-state index in [-0.39, 0.29) is 25.2 Å². The lowest BCUT2D eigenvalue weighted by Gasteiger charge is -2.18. The highest BCUT2D eigenvalue weighted by atomic mass is 16.6. The third kappa shape index (κ3) is 48.7. The van der Waals surface area contributed by atoms with Crippen molar-refractivity contribution in [3.05, 3.63) is 36.5 Å². The summed E-state index contributed by atoms with van der Waals surface area (Å²) in [7, 11) is 0. The number of carbonyl (C=O) groups excluding carboxylic acids is 2. The molecule has 0 aromatic heterocycles. The quantitative estimate of drug-likeness (QED) is 0.0347. The normalized spacial score (nSPS) is 12.4. The van der Waals surface area contributed by atoms with E-state index in [4.69, 9.17) is 14.2 Å². The van der Waals surface area contributed by atoms with Crippen molar-refractivity contribution < 1.29 is 23.8 Å². The molecule has 0 aromatic carbocycles. The fourth-order valence-corrected chi connectivity index (χ4v) is 7.58. The van der Waals surface area contributed by atoms with Gasteiger partial charge in [0.2, 0.25) is 0 Å². The minimum Gasteiger partial charge on any atom is -0.462 e. The second kappa shape index (κ2) is 50.5. The average molecular weight is 829 g/mol. The summed E-state index contributed by atoms with van der Waals surface area (Å²) in [6.45, 7) is 7.75. The summed E-state index contributed by atoms with van der Waals surface area (Å²) >= 11 is 0. The van der Waals surface area contributed by atoms with E-state index >= 15 is 0 Å². The Morgan fingerprint density at radius 1 is 0.390 bits per heavy atom. The molecule has 346 valence electrons. The second-order valence-corrected chi connectivity index (χ2v) is 17.4. The highest BCUT2D eigenvalue weighted by molar-refractivity contribution is 5.70. The predicted molar refractivity (Wildman–Crippen MR) is 256 cm³/mol. The highest BCUT2D eigenvalue weighted by Crippen LogP contribution is 2.16. The number of rotatable bonds is 48. The molecule has 0 N–H and O–H groups in total. The molecule has 0 fully saturated rings. The summed E-state index contributed by atoms with van der Waals surface area (Å²) in [4.78, 5) is 25.4. The van der Waals surface area contributed by atoms with Crippen LogP contribution in [0.25, 0.3) is 0 Å². The standard InChI is InChI=1S/C54H100O5/c1-4-7-10-13-16-19-22-25-27-29-31-34-37-40-43-46-49-57-50-52(59-54(56)48-45-42-39-36-32-24-21-18-15-12-9-6-3)51-58-53(55)47-44-41-38-35-33-30-28-26-23-20-17-14-11-8-5-2/h8,11,17,20,26,28,52H,4-7,9-10,12-16,18-19,21-25,27,29-51H2,1-3H3/b11-8-,20-17-,28-26-/t52-/m1/s1. The largest absolute Gasteiger partial charge is 0.462 e. The zero-order chi connectivity index (χ0) is 42.8. The lowest BCUT2D eigenvalue weighted by atomic mass is 10.0. The summed E-state index contributed by atoms with van der Waals surface area (Å²) in [6, 6.07) is 0. The Morgan fingerprint density at radius 3 is 1.22 bits per heavy atom. The van der Waals surface area contributed by atoms with E-state index in [1.807, 2.05) is 0 Å². The number of esters is 2. The Bertz CT molecular complexity index is 939. The van der Waals surface area contributed by atoms with Crippen LogP contribution in [0.4, 0.5) is 0 Å². The van der Waals surface area contributed by atoms with E-state index in [0.717, 1.165) is 64.2 Å². The minimum absolute atomic E-state index is 0.0823. The third-order valence-electron chi connectivity index (χ3n) is 11.4. The fraction of sp³-hybridized carbons (Fsp3) is 0.852. The van der Waals surface area contributed by atoms with Crippen LogP contribution in [0.3, 0.4) is 0 Å². The van der Waals surface area contributed by atoms with Crippen LogP contribution in [0.2, 0.25) is 0 Å². The van der Waals surface area contributed by atoms with Gasteiger partial charge >= 0.3 is 11.9 Å². The van der Waals surface area contributed by atoms with Gasteiger partial charge in [0.1, 0.15) is 6.61 Å². The van der Waals surface area contributed by atoms with Crippen molar-refractivity contribution in [1.29, 1.82) is 0 Å². The maximum atomic E-state index is 12.8. The average Bonchev–Trinajstić information content (AvgIpc) is 3.24. The first kappa shape index (κ1) is 57.1. The van der Waals surface area contributed by atoms with Crippen molar-refractivity contribution in [2.45, 2.75) is 277 Å². The zero-order valence-corrected chi connectivity index (χ0v) is 39.8. The molecule has 0 saturated carbocycles. The number of allylic oxidation sites excluding steroid dienone is 6. The van der Waals surface area contributed by atoms with Gasteiger partial charge in [0.25, 0.3) is 0 Å². The first-order valence-electron chi connectivity index (χ1n) is 26.0. The monoisotopic (exact) mass is 829 g/mol. The molecule has 0 aliphatic carbocycles. The summed E-state index contributed by atoms with van der Waals surface area (Å²) in [6.07, 6.45) is 60.1. The zero-order valence-electron chi connectivity index (χ0n) is 39.8. The second-order valence-electron chi connectivity index (χ2n) is 17.4. The molecule has 5 heteroatoms. The molecule has 0 bridgehead atoms. The van der Waals surface area contributed by atoms with Crippen LogP contribution < -0.4 is 0 Å². The van der Waals surface area contributed by atoms with Crippen molar-refractivity contribution >= 4 is 11.9 Å². The van der Waals surface area contributed by atoms with Gasteiger partial charge in [-0.25, -0.2) is 0 Å². The summed E-state index contributed by atoms with van der Waals surface area (Å²) < 4.78 is 17.4. The molecule has 0 saturated heterocycles. The molecule has 0 unspecified atom stereocenters. The van der Waals surface area contributed by atoms with Crippen LogP contribution in [0.15, 0.2) is 36.5 Å². The van der Waals surface area contributed by atoms with Gasteiger partial charge in [-0.05, 0) is 51.4 Å². The number of hydrogen-bond acceptors (Lipinski definition) is 5. The molecule has 0 spiro atoms. The van der Waals surface area contributed by atoms with Crippen molar-refractivity contribution in [1.82, 2.24) is 0 Å². The van der Waals surface area contributed by atoms with Crippen molar-refractivity contribution in [2.24, 2.45) is 0 Å². The van der Waals surface area contributed by atoms with Crippen LogP contribution >= 0.6 is 0 Å². The number of unbranched alkanes of at least 4 members (excludes halogenated alkanes) is 31. The molecule has 0 amide bonds. The Morgan fingerprint density at radius 2 is 0.763 bits per heavy atom. The summed E-state index contributed by atoms with van der Waals surface area (Å²) in [5.41, 5.74) is 0. The molecular weight excluding hydrogens is 729 g/mol. The first-order chi connectivity index (χ1) is 29.1. The Kier molecular flexibility index (Phi) is 48.9. The summed E-state index contributed by atoms with van der Waals surface area (Å²) in [5, 5.41) is 0. The van der Waals surface area contributed by atoms with Crippen LogP contribution in [-0.2, 0) is 23.8 Å². The van der Waals surface area contributed by atoms with E-state index in [1.165, 1.54) is 173 Å². The summed E-state index contributed by atoms with van der Waals surface area (Å²) in [5.74, 6) is -0.402. The molecule has 0 aromatic rings. The van der Waals surface area contributed by atoms with Crippen LogP contribution in [0, 0.1) is 0 Å². The van der Waals surface area contributed by atoms with E-state index < -0.39 is 6.10 Å². The maximum absolute atomic E-state index is 12.8. The highest BCUT2D eigenvalue weighted by Gasteiger charge is 2.17.